The van der Waals surface area contributed by atoms with E-state index in [1.807, 2.05) is 13.0 Å². The first kappa shape index (κ1) is 19.5. The van der Waals surface area contributed by atoms with E-state index in [2.05, 4.69) is 0 Å². The molecular weight excluding hydrogens is 310 g/mol. The molecule has 0 heterocycles. The van der Waals surface area contributed by atoms with E-state index in [0.717, 1.165) is 5.56 Å². The van der Waals surface area contributed by atoms with Crippen LogP contribution >= 0.6 is 0 Å². The third kappa shape index (κ3) is 5.30. The molecule has 1 rings (SSSR count). The summed E-state index contributed by atoms with van der Waals surface area (Å²) in [5, 5.41) is 0. The molecule has 0 aliphatic heterocycles. The number of nitrogens with zero attached hydrogens (tertiary/aromatic N) is 1. The molecule has 0 aliphatic rings. The summed E-state index contributed by atoms with van der Waals surface area (Å²) >= 11 is 0. The fraction of sp³-hybridized carbons (Fsp3) is 0.444. The number of hydrogen-bond donors (Lipinski definition) is 0. The van der Waals surface area contributed by atoms with Gasteiger partial charge in [-0.25, -0.2) is 0 Å². The minimum Gasteiger partial charge on any atom is -0.493 e. The minimum absolute atomic E-state index is 0.164. The number of rotatable bonds is 8. The Bertz CT molecular complexity index is 597. The molecular formula is C18H25NO5. The van der Waals surface area contributed by atoms with E-state index >= 15 is 0 Å². The van der Waals surface area contributed by atoms with Crippen LogP contribution in [0.5, 0.6) is 11.5 Å². The smallest absolute Gasteiger partial charge is 0.310 e. The number of benzene rings is 1. The van der Waals surface area contributed by atoms with Crippen LogP contribution in [0.3, 0.4) is 0 Å². The van der Waals surface area contributed by atoms with Crippen molar-refractivity contribution in [1.29, 1.82) is 0 Å². The van der Waals surface area contributed by atoms with Crippen molar-refractivity contribution in [3.8, 4) is 11.5 Å². The van der Waals surface area contributed by atoms with E-state index in [9.17, 15) is 9.59 Å². The van der Waals surface area contributed by atoms with Crippen molar-refractivity contribution >= 4 is 18.0 Å². The first-order chi connectivity index (χ1) is 11.5. The van der Waals surface area contributed by atoms with Crippen molar-refractivity contribution in [1.82, 2.24) is 4.90 Å². The number of carbonyl (C=O) groups is 2. The van der Waals surface area contributed by atoms with Crippen LogP contribution in [0.2, 0.25) is 0 Å². The highest BCUT2D eigenvalue weighted by Gasteiger charge is 2.19. The largest absolute Gasteiger partial charge is 0.493 e. The second kappa shape index (κ2) is 9.60. The summed E-state index contributed by atoms with van der Waals surface area (Å²) in [6.45, 7) is 4.43. The summed E-state index contributed by atoms with van der Waals surface area (Å²) in [4.78, 5) is 25.4. The Morgan fingerprint density at radius 1 is 1.17 bits per heavy atom. The molecule has 0 radical (unpaired) electrons. The first-order valence-corrected chi connectivity index (χ1v) is 7.73. The van der Waals surface area contributed by atoms with Gasteiger partial charge in [-0.3, -0.25) is 9.59 Å². The highest BCUT2D eigenvalue weighted by atomic mass is 16.5. The Morgan fingerprint density at radius 2 is 1.83 bits per heavy atom. The SMILES string of the molecule is CCN(CC(C)C(=O)OC)C(=O)/C=C/c1ccc(OC)c(OC)c1. The Morgan fingerprint density at radius 3 is 2.38 bits per heavy atom. The van der Waals surface area contributed by atoms with Crippen LogP contribution in [-0.4, -0.2) is 51.2 Å². The molecule has 6 nitrogen and oxygen atoms in total. The number of carbonyl (C=O) groups excluding carboxylic acids is 2. The van der Waals surface area contributed by atoms with Crippen molar-refractivity contribution in [2.24, 2.45) is 5.92 Å². The second-order valence-corrected chi connectivity index (χ2v) is 5.25. The van der Waals surface area contributed by atoms with E-state index in [1.165, 1.54) is 13.2 Å². The molecule has 0 saturated carbocycles. The molecule has 1 unspecified atom stereocenters. The molecule has 1 atom stereocenters. The molecule has 6 heteroatoms. The van der Waals surface area contributed by atoms with Crippen LogP contribution in [-0.2, 0) is 14.3 Å². The van der Waals surface area contributed by atoms with Gasteiger partial charge in [-0.15, -0.1) is 0 Å². The molecule has 0 fully saturated rings. The molecule has 1 aromatic rings. The fourth-order valence-corrected chi connectivity index (χ4v) is 2.21. The summed E-state index contributed by atoms with van der Waals surface area (Å²) in [5.74, 6) is 0.364. The third-order valence-corrected chi connectivity index (χ3v) is 3.62. The lowest BCUT2D eigenvalue weighted by molar-refractivity contribution is -0.146. The molecule has 0 saturated heterocycles. The number of likely N-dealkylation sites (N-methyl/N-ethyl adjacent to an activating group) is 1. The highest BCUT2D eigenvalue weighted by Crippen LogP contribution is 2.27. The average Bonchev–Trinajstić information content (AvgIpc) is 2.62. The van der Waals surface area contributed by atoms with Gasteiger partial charge >= 0.3 is 5.97 Å². The first-order valence-electron chi connectivity index (χ1n) is 7.73. The molecule has 24 heavy (non-hydrogen) atoms. The summed E-state index contributed by atoms with van der Waals surface area (Å²) in [7, 11) is 4.47. The zero-order valence-corrected chi connectivity index (χ0v) is 14.9. The fourth-order valence-electron chi connectivity index (χ4n) is 2.21. The van der Waals surface area contributed by atoms with Gasteiger partial charge < -0.3 is 19.1 Å². The van der Waals surface area contributed by atoms with E-state index in [1.54, 1.807) is 44.3 Å². The van der Waals surface area contributed by atoms with Crippen LogP contribution in [0.4, 0.5) is 0 Å². The van der Waals surface area contributed by atoms with Crippen molar-refractivity contribution < 1.29 is 23.8 Å². The molecule has 0 aliphatic carbocycles. The zero-order chi connectivity index (χ0) is 18.1. The normalized spacial score (nSPS) is 11.9. The summed E-state index contributed by atoms with van der Waals surface area (Å²) in [6, 6.07) is 5.40. The molecule has 1 amide bonds. The number of esters is 1. The quantitative estimate of drug-likeness (QED) is 0.539. The van der Waals surface area contributed by atoms with Gasteiger partial charge in [0.25, 0.3) is 0 Å². The molecule has 1 aromatic carbocycles. The van der Waals surface area contributed by atoms with Gasteiger partial charge in [-0.1, -0.05) is 13.0 Å². The van der Waals surface area contributed by atoms with E-state index < -0.39 is 0 Å². The monoisotopic (exact) mass is 335 g/mol. The molecule has 0 spiro atoms. The van der Waals surface area contributed by atoms with E-state index in [-0.39, 0.29) is 17.8 Å². The predicted octanol–water partition coefficient (Wildman–Crippen LogP) is 2.37. The third-order valence-electron chi connectivity index (χ3n) is 3.62. The van der Waals surface area contributed by atoms with Crippen molar-refractivity contribution in [2.45, 2.75) is 13.8 Å². The van der Waals surface area contributed by atoms with Gasteiger partial charge in [0.2, 0.25) is 5.91 Å². The predicted molar refractivity (Wildman–Crippen MR) is 92.0 cm³/mol. The van der Waals surface area contributed by atoms with E-state index in [0.29, 0.717) is 24.6 Å². The summed E-state index contributed by atoms with van der Waals surface area (Å²) in [5.41, 5.74) is 0.818. The Hall–Kier alpha value is -2.50. The number of hydrogen-bond acceptors (Lipinski definition) is 5. The van der Waals surface area contributed by atoms with Gasteiger partial charge in [-0.05, 0) is 30.7 Å². The standard InChI is InChI=1S/C18H25NO5/c1-6-19(12-13(2)18(21)24-5)17(20)10-8-14-7-9-15(22-3)16(11-14)23-4/h7-11,13H,6,12H2,1-5H3/b10-8+. The summed E-state index contributed by atoms with van der Waals surface area (Å²) in [6.07, 6.45) is 3.19. The number of methoxy groups -OCH3 is 3. The second-order valence-electron chi connectivity index (χ2n) is 5.25. The zero-order valence-electron chi connectivity index (χ0n) is 14.9. The average molecular weight is 335 g/mol. The summed E-state index contributed by atoms with van der Waals surface area (Å²) < 4.78 is 15.1. The van der Waals surface area contributed by atoms with Gasteiger partial charge in [0.1, 0.15) is 0 Å². The lowest BCUT2D eigenvalue weighted by Crippen LogP contribution is -2.36. The Kier molecular flexibility index (Phi) is 7.82. The minimum atomic E-state index is -0.367. The number of ether oxygens (including phenoxy) is 3. The maximum absolute atomic E-state index is 12.3. The van der Waals surface area contributed by atoms with Crippen molar-refractivity contribution in [3.05, 3.63) is 29.8 Å². The molecule has 0 bridgehead atoms. The van der Waals surface area contributed by atoms with Gasteiger partial charge in [0.05, 0.1) is 27.2 Å². The van der Waals surface area contributed by atoms with Gasteiger partial charge in [0, 0.05) is 19.2 Å². The highest BCUT2D eigenvalue weighted by molar-refractivity contribution is 5.92. The van der Waals surface area contributed by atoms with Gasteiger partial charge in [-0.2, -0.15) is 0 Å². The van der Waals surface area contributed by atoms with Crippen molar-refractivity contribution in [2.75, 3.05) is 34.4 Å². The lowest BCUT2D eigenvalue weighted by Gasteiger charge is -2.22. The molecule has 132 valence electrons. The van der Waals surface area contributed by atoms with Crippen LogP contribution in [0.25, 0.3) is 6.08 Å². The van der Waals surface area contributed by atoms with E-state index in [4.69, 9.17) is 14.2 Å². The maximum atomic E-state index is 12.3. The van der Waals surface area contributed by atoms with Gasteiger partial charge in [0.15, 0.2) is 11.5 Å². The number of amides is 1. The lowest BCUT2D eigenvalue weighted by atomic mass is 10.1. The topological polar surface area (TPSA) is 65.1 Å². The van der Waals surface area contributed by atoms with Crippen LogP contribution in [0.15, 0.2) is 24.3 Å². The Labute approximate surface area is 143 Å². The van der Waals surface area contributed by atoms with Crippen LogP contribution in [0, 0.1) is 5.92 Å². The molecule has 0 aromatic heterocycles. The molecule has 0 N–H and O–H groups in total. The van der Waals surface area contributed by atoms with Crippen LogP contribution in [0.1, 0.15) is 19.4 Å². The maximum Gasteiger partial charge on any atom is 0.310 e. The Balaban J connectivity index is 2.80. The van der Waals surface area contributed by atoms with Crippen molar-refractivity contribution in [3.63, 3.8) is 0 Å². The van der Waals surface area contributed by atoms with Crippen LogP contribution < -0.4 is 9.47 Å².